The fourth-order valence-corrected chi connectivity index (χ4v) is 3.88. The summed E-state index contributed by atoms with van der Waals surface area (Å²) in [5.74, 6) is 0. The first-order valence-corrected chi connectivity index (χ1v) is 11.5. The Hall–Kier alpha value is -4.01. The number of hydrogen-bond donors (Lipinski definition) is 1. The van der Waals surface area contributed by atoms with Crippen LogP contribution in [-0.2, 0) is 4.74 Å². The molecule has 35 heavy (non-hydrogen) atoms. The number of hydrogen-bond acceptors (Lipinski definition) is 6. The van der Waals surface area contributed by atoms with E-state index >= 15 is 0 Å². The Balaban J connectivity index is 1.58. The fourth-order valence-electron chi connectivity index (χ4n) is 3.88. The zero-order valence-electron chi connectivity index (χ0n) is 20.8. The first kappa shape index (κ1) is 24.1. The standard InChI is InChI=1S/C26H30N6O3/c1-16-14-28-21(17(2)29-16)12-20(27)22-13-24(33)32-15-19(6-7-23(32)30-22)18-8-10-31(11-9-18)25(34)35-26(3,4)5/h6-8,12-15H,9-11,27H2,1-5H3/p+1. The summed E-state index contributed by atoms with van der Waals surface area (Å²) in [6.45, 7) is 10.4. The number of nitrogens with zero attached hydrogens (tertiary/aromatic N) is 4. The van der Waals surface area contributed by atoms with Gasteiger partial charge in [0.1, 0.15) is 22.6 Å². The van der Waals surface area contributed by atoms with Crippen LogP contribution in [0, 0.1) is 13.8 Å². The van der Waals surface area contributed by atoms with Gasteiger partial charge in [-0.25, -0.2) is 19.7 Å². The van der Waals surface area contributed by atoms with Crippen molar-refractivity contribution in [2.24, 2.45) is 5.73 Å². The monoisotopic (exact) mass is 475 g/mol. The van der Waals surface area contributed by atoms with Gasteiger partial charge in [-0.1, -0.05) is 6.08 Å². The Kier molecular flexibility index (Phi) is 6.43. The first-order chi connectivity index (χ1) is 16.5. The predicted molar refractivity (Wildman–Crippen MR) is 134 cm³/mol. The third kappa shape index (κ3) is 5.56. The van der Waals surface area contributed by atoms with Gasteiger partial charge in [-0.05, 0) is 64.3 Å². The van der Waals surface area contributed by atoms with Crippen LogP contribution in [0.25, 0.3) is 23.0 Å². The second-order valence-corrected chi connectivity index (χ2v) is 9.67. The van der Waals surface area contributed by atoms with Gasteiger partial charge in [0, 0.05) is 31.4 Å². The normalized spacial score (nSPS) is 14.7. The van der Waals surface area contributed by atoms with Crippen LogP contribution < -0.4 is 16.3 Å². The average Bonchev–Trinajstić information content (AvgIpc) is 2.79. The molecule has 9 heteroatoms. The van der Waals surface area contributed by atoms with Crippen molar-refractivity contribution in [3.63, 3.8) is 0 Å². The fraction of sp³-hybridized carbons (Fsp3) is 0.346. The van der Waals surface area contributed by atoms with E-state index in [-0.39, 0.29) is 11.7 Å². The lowest BCUT2D eigenvalue weighted by Gasteiger charge is -2.29. The number of ether oxygens (including phenoxy) is 1. The summed E-state index contributed by atoms with van der Waals surface area (Å²) < 4.78 is 6.97. The molecular formula is C26H31N6O3+. The number of nitrogens with two attached hydrogens (primary N) is 1. The molecule has 4 heterocycles. The molecule has 0 atom stereocenters. The van der Waals surface area contributed by atoms with Crippen LogP contribution in [0.2, 0.25) is 0 Å². The van der Waals surface area contributed by atoms with Crippen molar-refractivity contribution in [3.8, 4) is 0 Å². The van der Waals surface area contributed by atoms with Crippen molar-refractivity contribution in [2.45, 2.75) is 46.6 Å². The van der Waals surface area contributed by atoms with Gasteiger partial charge in [-0.3, -0.25) is 9.20 Å². The SMILES string of the molecule is Cc1c[nH+]c(C=C(N)c2cc(=O)n3cc(C4=CCN(C(=O)OC(C)(C)C)CC4)ccc3n2)c(C)n1. The van der Waals surface area contributed by atoms with Crippen LogP contribution in [-0.4, -0.2) is 44.1 Å². The molecule has 9 nitrogen and oxygen atoms in total. The summed E-state index contributed by atoms with van der Waals surface area (Å²) in [6, 6.07) is 5.17. The summed E-state index contributed by atoms with van der Waals surface area (Å²) in [5.41, 5.74) is 11.2. The molecule has 182 valence electrons. The highest BCUT2D eigenvalue weighted by molar-refractivity contribution is 5.77. The molecule has 0 radical (unpaired) electrons. The molecule has 3 aromatic heterocycles. The number of pyridine rings is 1. The predicted octanol–water partition coefficient (Wildman–Crippen LogP) is 3.00. The van der Waals surface area contributed by atoms with E-state index in [9.17, 15) is 9.59 Å². The molecule has 0 saturated heterocycles. The summed E-state index contributed by atoms with van der Waals surface area (Å²) in [7, 11) is 0. The maximum atomic E-state index is 12.9. The number of aromatic amines is 1. The van der Waals surface area contributed by atoms with Crippen LogP contribution in [0.15, 0.2) is 41.5 Å². The van der Waals surface area contributed by atoms with E-state index in [1.807, 2.05) is 46.8 Å². The topological polar surface area (TPSA) is 117 Å². The molecule has 1 amide bonds. The molecule has 0 aliphatic carbocycles. The van der Waals surface area contributed by atoms with Gasteiger partial charge in [0.05, 0.1) is 11.4 Å². The third-order valence-corrected chi connectivity index (χ3v) is 5.66. The van der Waals surface area contributed by atoms with Gasteiger partial charge in [-0.2, -0.15) is 0 Å². The number of amides is 1. The van der Waals surface area contributed by atoms with Crippen LogP contribution in [0.5, 0.6) is 0 Å². The van der Waals surface area contributed by atoms with Crippen LogP contribution >= 0.6 is 0 Å². The van der Waals surface area contributed by atoms with E-state index in [1.165, 1.54) is 10.5 Å². The van der Waals surface area contributed by atoms with Crippen molar-refractivity contribution in [3.05, 3.63) is 75.4 Å². The highest BCUT2D eigenvalue weighted by Gasteiger charge is 2.24. The highest BCUT2D eigenvalue weighted by Crippen LogP contribution is 2.24. The maximum absolute atomic E-state index is 12.9. The molecule has 0 aromatic carbocycles. The smallest absolute Gasteiger partial charge is 0.410 e. The van der Waals surface area contributed by atoms with Crippen LogP contribution in [0.4, 0.5) is 4.79 Å². The van der Waals surface area contributed by atoms with E-state index in [4.69, 9.17) is 10.5 Å². The number of aryl methyl sites for hydroxylation is 2. The quantitative estimate of drug-likeness (QED) is 0.622. The molecule has 0 spiro atoms. The van der Waals surface area contributed by atoms with Crippen LogP contribution in [0.1, 0.15) is 55.5 Å². The van der Waals surface area contributed by atoms with Crippen molar-refractivity contribution in [1.82, 2.24) is 19.3 Å². The lowest BCUT2D eigenvalue weighted by Crippen LogP contribution is -2.39. The second kappa shape index (κ2) is 9.32. The molecule has 0 fully saturated rings. The summed E-state index contributed by atoms with van der Waals surface area (Å²) in [5, 5.41) is 0. The summed E-state index contributed by atoms with van der Waals surface area (Å²) in [4.78, 5) is 39.1. The Morgan fingerprint density at radius 1 is 1.23 bits per heavy atom. The average molecular weight is 476 g/mol. The molecular weight excluding hydrogens is 444 g/mol. The minimum atomic E-state index is -0.529. The molecule has 0 unspecified atom stereocenters. The molecule has 3 N–H and O–H groups in total. The van der Waals surface area contributed by atoms with Crippen molar-refractivity contribution >= 4 is 29.1 Å². The Labute approximate surface area is 204 Å². The molecule has 0 bridgehead atoms. The number of H-pyrrole nitrogens is 1. The first-order valence-electron chi connectivity index (χ1n) is 11.5. The number of nitrogens with one attached hydrogen (secondary N) is 1. The lowest BCUT2D eigenvalue weighted by molar-refractivity contribution is -0.383. The number of fused-ring (bicyclic) bond motifs is 1. The Morgan fingerprint density at radius 2 is 2.00 bits per heavy atom. The maximum Gasteiger partial charge on any atom is 0.410 e. The van der Waals surface area contributed by atoms with Gasteiger partial charge in [0.2, 0.25) is 5.69 Å². The Bertz CT molecular complexity index is 1410. The summed E-state index contributed by atoms with van der Waals surface area (Å²) in [6.07, 6.45) is 7.66. The van der Waals surface area contributed by atoms with E-state index in [1.54, 1.807) is 29.4 Å². The molecule has 4 rings (SSSR count). The summed E-state index contributed by atoms with van der Waals surface area (Å²) >= 11 is 0. The zero-order valence-corrected chi connectivity index (χ0v) is 20.8. The van der Waals surface area contributed by atoms with E-state index in [0.29, 0.717) is 36.5 Å². The number of carbonyl (C=O) groups excluding carboxylic acids is 1. The van der Waals surface area contributed by atoms with Gasteiger partial charge in [-0.15, -0.1) is 0 Å². The van der Waals surface area contributed by atoms with Gasteiger partial charge in [0.25, 0.3) is 5.56 Å². The minimum Gasteiger partial charge on any atom is -0.444 e. The largest absolute Gasteiger partial charge is 0.444 e. The molecule has 1 aliphatic rings. The zero-order chi connectivity index (χ0) is 25.3. The minimum absolute atomic E-state index is 0.224. The molecule has 3 aromatic rings. The van der Waals surface area contributed by atoms with Crippen molar-refractivity contribution < 1.29 is 14.5 Å². The molecule has 0 saturated carbocycles. The van der Waals surface area contributed by atoms with Crippen molar-refractivity contribution in [2.75, 3.05) is 13.1 Å². The van der Waals surface area contributed by atoms with E-state index < -0.39 is 5.60 Å². The van der Waals surface area contributed by atoms with Gasteiger partial charge >= 0.3 is 6.09 Å². The van der Waals surface area contributed by atoms with Crippen molar-refractivity contribution in [1.29, 1.82) is 0 Å². The van der Waals surface area contributed by atoms with Crippen LogP contribution in [0.3, 0.4) is 0 Å². The third-order valence-electron chi connectivity index (χ3n) is 5.66. The highest BCUT2D eigenvalue weighted by atomic mass is 16.6. The number of aromatic nitrogens is 4. The van der Waals surface area contributed by atoms with Gasteiger partial charge < -0.3 is 15.4 Å². The van der Waals surface area contributed by atoms with E-state index in [2.05, 4.69) is 15.0 Å². The lowest BCUT2D eigenvalue weighted by atomic mass is 10.0. The van der Waals surface area contributed by atoms with E-state index in [0.717, 1.165) is 28.2 Å². The Morgan fingerprint density at radius 3 is 2.66 bits per heavy atom. The molecule has 1 aliphatic heterocycles. The second-order valence-electron chi connectivity index (χ2n) is 9.67. The number of carbonyl (C=O) groups is 1. The number of rotatable bonds is 3. The van der Waals surface area contributed by atoms with Gasteiger partial charge in [0.15, 0.2) is 6.20 Å².